The SMILES string of the molecule is CCC(C)(Cc1ccccc1)Cc1ccc(C)cc1. The third-order valence-corrected chi connectivity index (χ3v) is 4.08. The van der Waals surface area contributed by atoms with Crippen molar-refractivity contribution in [3.05, 3.63) is 71.3 Å². The molecule has 100 valence electrons. The van der Waals surface area contributed by atoms with Gasteiger partial charge in [0.15, 0.2) is 0 Å². The molecule has 2 aromatic carbocycles. The van der Waals surface area contributed by atoms with E-state index in [0.29, 0.717) is 5.41 Å². The lowest BCUT2D eigenvalue weighted by atomic mass is 9.76. The van der Waals surface area contributed by atoms with Gasteiger partial charge in [-0.05, 0) is 36.3 Å². The van der Waals surface area contributed by atoms with Crippen LogP contribution >= 0.6 is 0 Å². The molecule has 0 heterocycles. The van der Waals surface area contributed by atoms with Crippen molar-refractivity contribution in [3.63, 3.8) is 0 Å². The smallest absolute Gasteiger partial charge is 0.0222 e. The maximum absolute atomic E-state index is 2.40. The Kier molecular flexibility index (Phi) is 4.42. The van der Waals surface area contributed by atoms with Crippen molar-refractivity contribution >= 4 is 0 Å². The van der Waals surface area contributed by atoms with Gasteiger partial charge >= 0.3 is 0 Å². The molecule has 0 nitrogen and oxygen atoms in total. The zero-order valence-electron chi connectivity index (χ0n) is 12.3. The van der Waals surface area contributed by atoms with Crippen molar-refractivity contribution in [2.75, 3.05) is 0 Å². The van der Waals surface area contributed by atoms with Crippen LogP contribution in [0.25, 0.3) is 0 Å². The van der Waals surface area contributed by atoms with Gasteiger partial charge in [-0.25, -0.2) is 0 Å². The number of aryl methyl sites for hydroxylation is 1. The van der Waals surface area contributed by atoms with E-state index in [1.165, 1.54) is 23.1 Å². The maximum Gasteiger partial charge on any atom is -0.0222 e. The van der Waals surface area contributed by atoms with Crippen LogP contribution in [0.3, 0.4) is 0 Å². The first-order valence-corrected chi connectivity index (χ1v) is 7.21. The summed E-state index contributed by atoms with van der Waals surface area (Å²) in [5.74, 6) is 0. The molecule has 2 aromatic rings. The lowest BCUT2D eigenvalue weighted by Gasteiger charge is -2.28. The number of hydrogen-bond acceptors (Lipinski definition) is 0. The molecule has 0 fully saturated rings. The van der Waals surface area contributed by atoms with E-state index in [1.54, 1.807) is 0 Å². The summed E-state index contributed by atoms with van der Waals surface area (Å²) in [4.78, 5) is 0. The first-order valence-electron chi connectivity index (χ1n) is 7.21. The van der Waals surface area contributed by atoms with Crippen molar-refractivity contribution in [2.45, 2.75) is 40.0 Å². The summed E-state index contributed by atoms with van der Waals surface area (Å²) in [5.41, 5.74) is 4.58. The Morgan fingerprint density at radius 3 is 1.84 bits per heavy atom. The molecule has 2 rings (SSSR count). The van der Waals surface area contributed by atoms with Gasteiger partial charge in [0.25, 0.3) is 0 Å². The molecule has 1 atom stereocenters. The Labute approximate surface area is 117 Å². The Morgan fingerprint density at radius 2 is 1.32 bits per heavy atom. The molecule has 0 heteroatoms. The molecule has 0 N–H and O–H groups in total. The van der Waals surface area contributed by atoms with Crippen LogP contribution in [0, 0.1) is 12.3 Å². The largest absolute Gasteiger partial charge is 0.0648 e. The van der Waals surface area contributed by atoms with Crippen LogP contribution in [0.2, 0.25) is 0 Å². The van der Waals surface area contributed by atoms with E-state index in [2.05, 4.69) is 75.4 Å². The van der Waals surface area contributed by atoms with Crippen LogP contribution in [-0.4, -0.2) is 0 Å². The molecule has 19 heavy (non-hydrogen) atoms. The van der Waals surface area contributed by atoms with E-state index in [1.807, 2.05) is 0 Å². The average molecular weight is 252 g/mol. The lowest BCUT2D eigenvalue weighted by molar-refractivity contribution is 0.306. The predicted molar refractivity (Wildman–Crippen MR) is 83.4 cm³/mol. The van der Waals surface area contributed by atoms with Crippen molar-refractivity contribution in [2.24, 2.45) is 5.41 Å². The summed E-state index contributed by atoms with van der Waals surface area (Å²) in [6, 6.07) is 19.8. The Morgan fingerprint density at radius 1 is 0.789 bits per heavy atom. The van der Waals surface area contributed by atoms with Gasteiger partial charge in [-0.1, -0.05) is 80.4 Å². The summed E-state index contributed by atoms with van der Waals surface area (Å²) in [7, 11) is 0. The van der Waals surface area contributed by atoms with Crippen molar-refractivity contribution in [1.29, 1.82) is 0 Å². The van der Waals surface area contributed by atoms with Crippen molar-refractivity contribution in [3.8, 4) is 0 Å². The molecule has 0 aliphatic carbocycles. The lowest BCUT2D eigenvalue weighted by Crippen LogP contribution is -2.21. The highest BCUT2D eigenvalue weighted by Gasteiger charge is 2.22. The summed E-state index contributed by atoms with van der Waals surface area (Å²) in [6.45, 7) is 6.85. The molecular weight excluding hydrogens is 228 g/mol. The highest BCUT2D eigenvalue weighted by molar-refractivity contribution is 5.23. The van der Waals surface area contributed by atoms with Crippen LogP contribution in [0.1, 0.15) is 37.0 Å². The molecule has 0 aliphatic rings. The molecule has 0 radical (unpaired) electrons. The Hall–Kier alpha value is -1.56. The zero-order valence-corrected chi connectivity index (χ0v) is 12.3. The van der Waals surface area contributed by atoms with Crippen LogP contribution in [0.15, 0.2) is 54.6 Å². The standard InChI is InChI=1S/C19H24/c1-4-19(3,14-17-8-6-5-7-9-17)15-18-12-10-16(2)11-13-18/h5-13H,4,14-15H2,1-3H3. The molecule has 0 aromatic heterocycles. The van der Waals surface area contributed by atoms with Gasteiger partial charge in [-0.15, -0.1) is 0 Å². The van der Waals surface area contributed by atoms with E-state index < -0.39 is 0 Å². The molecule has 0 amide bonds. The molecule has 0 aliphatic heterocycles. The third kappa shape index (κ3) is 3.96. The predicted octanol–water partition coefficient (Wildman–Crippen LogP) is 5.20. The fraction of sp³-hybridized carbons (Fsp3) is 0.368. The molecule has 0 spiro atoms. The van der Waals surface area contributed by atoms with Gasteiger partial charge in [0.2, 0.25) is 0 Å². The quantitative estimate of drug-likeness (QED) is 0.686. The van der Waals surface area contributed by atoms with Crippen molar-refractivity contribution < 1.29 is 0 Å². The van der Waals surface area contributed by atoms with Gasteiger partial charge in [0.1, 0.15) is 0 Å². The van der Waals surface area contributed by atoms with E-state index in [-0.39, 0.29) is 0 Å². The van der Waals surface area contributed by atoms with Crippen molar-refractivity contribution in [1.82, 2.24) is 0 Å². The highest BCUT2D eigenvalue weighted by atomic mass is 14.3. The fourth-order valence-corrected chi connectivity index (χ4v) is 2.60. The molecule has 0 saturated heterocycles. The first-order chi connectivity index (χ1) is 9.11. The second-order valence-electron chi connectivity index (χ2n) is 5.99. The summed E-state index contributed by atoms with van der Waals surface area (Å²) >= 11 is 0. The van der Waals surface area contributed by atoms with Crippen LogP contribution in [-0.2, 0) is 12.8 Å². The van der Waals surface area contributed by atoms with Crippen LogP contribution in [0.5, 0.6) is 0 Å². The van der Waals surface area contributed by atoms with E-state index in [0.717, 1.165) is 12.8 Å². The minimum Gasteiger partial charge on any atom is -0.0648 e. The van der Waals surface area contributed by atoms with E-state index in [9.17, 15) is 0 Å². The van der Waals surface area contributed by atoms with Gasteiger partial charge in [0.05, 0.1) is 0 Å². The Balaban J connectivity index is 2.11. The second-order valence-corrected chi connectivity index (χ2v) is 5.99. The van der Waals surface area contributed by atoms with Gasteiger partial charge in [-0.3, -0.25) is 0 Å². The van der Waals surface area contributed by atoms with E-state index >= 15 is 0 Å². The molecule has 0 saturated carbocycles. The summed E-state index contributed by atoms with van der Waals surface area (Å²) in [6.07, 6.45) is 3.51. The van der Waals surface area contributed by atoms with E-state index in [4.69, 9.17) is 0 Å². The van der Waals surface area contributed by atoms with Crippen LogP contribution < -0.4 is 0 Å². The molecular formula is C19H24. The topological polar surface area (TPSA) is 0 Å². The normalized spacial score (nSPS) is 14.1. The second kappa shape index (κ2) is 6.06. The molecule has 0 bridgehead atoms. The fourth-order valence-electron chi connectivity index (χ4n) is 2.60. The minimum atomic E-state index is 0.344. The Bertz CT molecular complexity index is 495. The third-order valence-electron chi connectivity index (χ3n) is 4.08. The van der Waals surface area contributed by atoms with Gasteiger partial charge in [0, 0.05) is 0 Å². The monoisotopic (exact) mass is 252 g/mol. The van der Waals surface area contributed by atoms with Gasteiger partial charge in [-0.2, -0.15) is 0 Å². The minimum absolute atomic E-state index is 0.344. The summed E-state index contributed by atoms with van der Waals surface area (Å²) in [5, 5.41) is 0. The number of hydrogen-bond donors (Lipinski definition) is 0. The zero-order chi connectivity index (χ0) is 13.7. The average Bonchev–Trinajstić information content (AvgIpc) is 2.42. The first kappa shape index (κ1) is 13.9. The van der Waals surface area contributed by atoms with Crippen LogP contribution in [0.4, 0.5) is 0 Å². The summed E-state index contributed by atoms with van der Waals surface area (Å²) < 4.78 is 0. The number of rotatable bonds is 5. The molecule has 1 unspecified atom stereocenters. The van der Waals surface area contributed by atoms with Gasteiger partial charge < -0.3 is 0 Å². The highest BCUT2D eigenvalue weighted by Crippen LogP contribution is 2.31. The maximum atomic E-state index is 2.40. The number of benzene rings is 2.